The van der Waals surface area contributed by atoms with Gasteiger partial charge in [0.1, 0.15) is 23.3 Å². The molecule has 1 atom stereocenters. The first-order valence-corrected chi connectivity index (χ1v) is 10.7. The number of phenolic OH excluding ortho intramolecular Hbond substituents is 1. The second-order valence-corrected chi connectivity index (χ2v) is 8.23. The zero-order valence-corrected chi connectivity index (χ0v) is 17.8. The third kappa shape index (κ3) is 3.97. The minimum Gasteiger partial charge on any atom is -0.508 e. The topological polar surface area (TPSA) is 66.1 Å². The molecule has 0 fully saturated rings. The Hall–Kier alpha value is -3.99. The van der Waals surface area contributed by atoms with Gasteiger partial charge in [-0.05, 0) is 42.3 Å². The van der Waals surface area contributed by atoms with Gasteiger partial charge >= 0.3 is 11.7 Å². The summed E-state index contributed by atoms with van der Waals surface area (Å²) in [5.74, 6) is 0.957. The molecule has 0 saturated carbocycles. The molecular formula is C27H24N3O2+. The van der Waals surface area contributed by atoms with Gasteiger partial charge < -0.3 is 5.11 Å². The van der Waals surface area contributed by atoms with Gasteiger partial charge in [0.15, 0.2) is 6.04 Å². The number of phenols is 1. The van der Waals surface area contributed by atoms with Crippen molar-refractivity contribution in [3.8, 4) is 17.0 Å². The molecule has 0 saturated heterocycles. The summed E-state index contributed by atoms with van der Waals surface area (Å²) in [6.45, 7) is 2.06. The first-order valence-electron chi connectivity index (χ1n) is 10.7. The molecule has 32 heavy (non-hydrogen) atoms. The van der Waals surface area contributed by atoms with Crippen molar-refractivity contribution in [2.75, 3.05) is 5.32 Å². The van der Waals surface area contributed by atoms with Crippen molar-refractivity contribution in [3.63, 3.8) is 0 Å². The van der Waals surface area contributed by atoms with Crippen molar-refractivity contribution >= 4 is 11.7 Å². The molecule has 0 radical (unpaired) electrons. The van der Waals surface area contributed by atoms with Gasteiger partial charge in [0, 0.05) is 18.4 Å². The van der Waals surface area contributed by atoms with E-state index in [1.165, 1.54) is 5.56 Å². The minimum absolute atomic E-state index is 0.0114. The molecule has 5 heteroatoms. The molecule has 4 aromatic rings. The lowest BCUT2D eigenvalue weighted by atomic mass is 10.0. The van der Waals surface area contributed by atoms with Crippen molar-refractivity contribution in [2.24, 2.45) is 0 Å². The average molecular weight is 423 g/mol. The first-order chi connectivity index (χ1) is 15.6. The van der Waals surface area contributed by atoms with Crippen molar-refractivity contribution in [1.29, 1.82) is 0 Å². The molecule has 3 aromatic carbocycles. The van der Waals surface area contributed by atoms with E-state index in [4.69, 9.17) is 4.98 Å². The smallest absolute Gasteiger partial charge is 0.359 e. The van der Waals surface area contributed by atoms with Crippen LogP contribution in [0.5, 0.6) is 5.75 Å². The summed E-state index contributed by atoms with van der Waals surface area (Å²) in [5, 5.41) is 13.1. The van der Waals surface area contributed by atoms with Gasteiger partial charge in [0.25, 0.3) is 0 Å². The predicted octanol–water partition coefficient (Wildman–Crippen LogP) is 4.32. The van der Waals surface area contributed by atoms with E-state index < -0.39 is 0 Å². The Bertz CT molecular complexity index is 1270. The highest BCUT2D eigenvalue weighted by Crippen LogP contribution is 2.26. The van der Waals surface area contributed by atoms with Crippen LogP contribution in [-0.2, 0) is 12.8 Å². The van der Waals surface area contributed by atoms with Crippen LogP contribution in [0.1, 0.15) is 27.2 Å². The number of carbonyl (C=O) groups is 1. The number of nitrogens with zero attached hydrogens (tertiary/aromatic N) is 2. The van der Waals surface area contributed by atoms with E-state index in [-0.39, 0.29) is 17.7 Å². The number of aromatic hydroxyl groups is 1. The van der Waals surface area contributed by atoms with E-state index in [1.807, 2.05) is 30.3 Å². The number of fused-ring (bicyclic) bond motifs is 1. The maximum Gasteiger partial charge on any atom is 0.359 e. The highest BCUT2D eigenvalue weighted by atomic mass is 16.3. The molecule has 158 valence electrons. The van der Waals surface area contributed by atoms with E-state index in [1.54, 1.807) is 22.9 Å². The maximum absolute atomic E-state index is 13.3. The van der Waals surface area contributed by atoms with Crippen molar-refractivity contribution in [3.05, 3.63) is 107 Å². The number of aryl methyl sites for hydroxylation is 1. The molecule has 1 aromatic heterocycles. The van der Waals surface area contributed by atoms with Crippen LogP contribution in [0.4, 0.5) is 5.82 Å². The molecule has 0 aliphatic carbocycles. The Morgan fingerprint density at radius 3 is 2.38 bits per heavy atom. The molecule has 0 spiro atoms. The number of nitrogens with one attached hydrogen (secondary N) is 1. The van der Waals surface area contributed by atoms with Gasteiger partial charge in [0.05, 0.1) is 0 Å². The molecule has 0 bridgehead atoms. The Kier molecular flexibility index (Phi) is 5.15. The number of anilines is 1. The second kappa shape index (κ2) is 8.27. The van der Waals surface area contributed by atoms with E-state index in [0.717, 1.165) is 28.2 Å². The fourth-order valence-corrected chi connectivity index (χ4v) is 4.06. The van der Waals surface area contributed by atoms with Crippen molar-refractivity contribution < 1.29 is 14.5 Å². The fraction of sp³-hybridized carbons (Fsp3) is 0.148. The molecule has 2 N–H and O–H groups in total. The third-order valence-electron chi connectivity index (χ3n) is 5.81. The molecule has 0 amide bonds. The monoisotopic (exact) mass is 422 g/mol. The van der Waals surface area contributed by atoms with Crippen LogP contribution in [0.2, 0.25) is 0 Å². The second-order valence-electron chi connectivity index (χ2n) is 8.23. The highest BCUT2D eigenvalue weighted by molar-refractivity contribution is 5.82. The molecule has 2 heterocycles. The van der Waals surface area contributed by atoms with Crippen LogP contribution in [-0.4, -0.2) is 22.0 Å². The van der Waals surface area contributed by atoms with E-state index in [2.05, 4.69) is 48.6 Å². The highest BCUT2D eigenvalue weighted by Gasteiger charge is 2.41. The fourth-order valence-electron chi connectivity index (χ4n) is 4.06. The van der Waals surface area contributed by atoms with Crippen molar-refractivity contribution in [2.45, 2.75) is 25.8 Å². The lowest BCUT2D eigenvalue weighted by Gasteiger charge is -2.07. The van der Waals surface area contributed by atoms with Crippen LogP contribution in [0, 0.1) is 6.92 Å². The summed E-state index contributed by atoms with van der Waals surface area (Å²) >= 11 is 0. The Labute approximate surface area is 187 Å². The van der Waals surface area contributed by atoms with Crippen LogP contribution >= 0.6 is 0 Å². The summed E-state index contributed by atoms with van der Waals surface area (Å²) in [6.07, 6.45) is 3.01. The molecule has 1 aliphatic heterocycles. The summed E-state index contributed by atoms with van der Waals surface area (Å²) in [5.41, 5.74) is 5.81. The number of hydrogen-bond acceptors (Lipinski definition) is 4. The maximum atomic E-state index is 13.3. The number of carbonyl (C=O) groups excluding carboxylic acids is 1. The van der Waals surface area contributed by atoms with Gasteiger partial charge in [-0.15, -0.1) is 0 Å². The lowest BCUT2D eigenvalue weighted by Crippen LogP contribution is -2.44. The Morgan fingerprint density at radius 1 is 0.938 bits per heavy atom. The van der Waals surface area contributed by atoms with Crippen LogP contribution in [0.3, 0.4) is 0 Å². The summed E-state index contributed by atoms with van der Waals surface area (Å²) in [4.78, 5) is 18.3. The normalized spacial score (nSPS) is 14.8. The molecule has 1 unspecified atom stereocenters. The Morgan fingerprint density at radius 2 is 1.66 bits per heavy atom. The molecule has 1 aliphatic rings. The van der Waals surface area contributed by atoms with E-state index in [0.29, 0.717) is 18.5 Å². The quantitative estimate of drug-likeness (QED) is 0.470. The Balaban J connectivity index is 1.53. The van der Waals surface area contributed by atoms with Gasteiger partial charge in [-0.1, -0.05) is 60.2 Å². The van der Waals surface area contributed by atoms with Crippen LogP contribution in [0.25, 0.3) is 11.3 Å². The summed E-state index contributed by atoms with van der Waals surface area (Å²) < 4.78 is 1.70. The SMILES string of the molecule is Cc1ccc(CC2Nc3c(Cc4ccccc4)nc(-c4ccc(O)cc4)c[n+]3C2=O)cc1. The number of hydrogen-bond donors (Lipinski definition) is 2. The van der Waals surface area contributed by atoms with Crippen LogP contribution in [0.15, 0.2) is 85.1 Å². The first kappa shape index (κ1) is 19.9. The van der Waals surface area contributed by atoms with Gasteiger partial charge in [-0.25, -0.2) is 9.78 Å². The lowest BCUT2D eigenvalue weighted by molar-refractivity contribution is -0.552. The average Bonchev–Trinajstić information content (AvgIpc) is 3.12. The largest absolute Gasteiger partial charge is 0.508 e. The van der Waals surface area contributed by atoms with E-state index in [9.17, 15) is 9.90 Å². The van der Waals surface area contributed by atoms with Gasteiger partial charge in [-0.2, -0.15) is 4.57 Å². The number of benzene rings is 3. The molecular weight excluding hydrogens is 398 g/mol. The summed E-state index contributed by atoms with van der Waals surface area (Å²) in [7, 11) is 0. The molecule has 5 nitrogen and oxygen atoms in total. The summed E-state index contributed by atoms with van der Waals surface area (Å²) in [6, 6.07) is 25.0. The zero-order valence-electron chi connectivity index (χ0n) is 17.8. The standard InChI is InChI=1S/C27H23N3O2/c1-18-7-9-20(10-8-18)16-24-27(32)30-17-25(21-11-13-22(31)14-12-21)28-23(26(30)29-24)15-19-5-3-2-4-6-19/h2-14,17,24,31H,15-16H2,1H3/p+1. The van der Waals surface area contributed by atoms with Crippen LogP contribution < -0.4 is 9.88 Å². The van der Waals surface area contributed by atoms with Gasteiger partial charge in [0.2, 0.25) is 0 Å². The zero-order chi connectivity index (χ0) is 22.1. The third-order valence-corrected chi connectivity index (χ3v) is 5.81. The predicted molar refractivity (Wildman–Crippen MR) is 124 cm³/mol. The van der Waals surface area contributed by atoms with Gasteiger partial charge in [-0.3, -0.25) is 5.32 Å². The molecule has 5 rings (SSSR count). The number of rotatable bonds is 5. The number of aromatic nitrogens is 2. The van der Waals surface area contributed by atoms with Crippen molar-refractivity contribution in [1.82, 2.24) is 4.98 Å². The minimum atomic E-state index is -0.343. The van der Waals surface area contributed by atoms with E-state index >= 15 is 0 Å².